The van der Waals surface area contributed by atoms with Crippen LogP contribution in [-0.4, -0.2) is 35.6 Å². The van der Waals surface area contributed by atoms with Gasteiger partial charge in [-0.1, -0.05) is 24.3 Å². The molecule has 2 aromatic rings. The quantitative estimate of drug-likeness (QED) is 0.551. The average molecular weight is 316 g/mol. The molecule has 0 saturated carbocycles. The molecule has 23 heavy (non-hydrogen) atoms. The van der Waals surface area contributed by atoms with Crippen LogP contribution in [0.5, 0.6) is 0 Å². The second-order valence-corrected chi connectivity index (χ2v) is 5.74. The monoisotopic (exact) mass is 316 g/mol. The highest BCUT2D eigenvalue weighted by Crippen LogP contribution is 2.11. The highest BCUT2D eigenvalue weighted by molar-refractivity contribution is 5.41. The summed E-state index contributed by atoms with van der Waals surface area (Å²) in [4.78, 5) is 0. The van der Waals surface area contributed by atoms with E-state index in [0.29, 0.717) is 24.2 Å². The maximum absolute atomic E-state index is 9.97. The molecule has 0 aliphatic rings. The molecule has 0 spiro atoms. The fraction of sp³-hybridized carbons (Fsp3) is 0.333. The van der Waals surface area contributed by atoms with Crippen LogP contribution >= 0.6 is 0 Å². The molecule has 2 unspecified atom stereocenters. The van der Waals surface area contributed by atoms with Crippen molar-refractivity contribution in [3.05, 3.63) is 59.7 Å². The largest absolute Gasteiger partial charge is 0.399 e. The minimum Gasteiger partial charge on any atom is -0.399 e. The lowest BCUT2D eigenvalue weighted by molar-refractivity contribution is -0.00668. The molecule has 0 aromatic heterocycles. The van der Waals surface area contributed by atoms with Crippen molar-refractivity contribution in [3.8, 4) is 0 Å². The summed E-state index contributed by atoms with van der Waals surface area (Å²) < 4.78 is 5.40. The van der Waals surface area contributed by atoms with Gasteiger partial charge in [-0.05, 0) is 35.4 Å². The Balaban J connectivity index is 1.69. The lowest BCUT2D eigenvalue weighted by Gasteiger charge is -2.15. The van der Waals surface area contributed by atoms with Crippen LogP contribution in [0.4, 0.5) is 11.4 Å². The first-order chi connectivity index (χ1) is 11.0. The van der Waals surface area contributed by atoms with Crippen molar-refractivity contribution in [2.45, 2.75) is 25.0 Å². The zero-order valence-corrected chi connectivity index (χ0v) is 13.1. The van der Waals surface area contributed by atoms with Gasteiger partial charge in [0, 0.05) is 24.2 Å². The molecule has 0 aliphatic heterocycles. The molecule has 2 atom stereocenters. The average Bonchev–Trinajstić information content (AvgIpc) is 2.47. The fourth-order valence-corrected chi connectivity index (χ4v) is 2.44. The number of anilines is 2. The minimum atomic E-state index is -0.628. The number of hydrogen-bond acceptors (Lipinski definition) is 5. The summed E-state index contributed by atoms with van der Waals surface area (Å²) >= 11 is 0. The van der Waals surface area contributed by atoms with E-state index in [4.69, 9.17) is 16.2 Å². The van der Waals surface area contributed by atoms with Crippen molar-refractivity contribution in [2.24, 2.45) is 0 Å². The molecule has 5 heteroatoms. The summed E-state index contributed by atoms with van der Waals surface area (Å²) in [5.41, 5.74) is 14.7. The summed E-state index contributed by atoms with van der Waals surface area (Å²) in [5.74, 6) is 0. The third-order valence-corrected chi connectivity index (χ3v) is 3.47. The number of rotatable bonds is 8. The van der Waals surface area contributed by atoms with Crippen molar-refractivity contribution >= 4 is 11.4 Å². The second kappa shape index (κ2) is 8.53. The van der Waals surface area contributed by atoms with Gasteiger partial charge in [-0.3, -0.25) is 0 Å². The van der Waals surface area contributed by atoms with Gasteiger partial charge in [0.05, 0.1) is 25.4 Å². The number of hydrogen-bond donors (Lipinski definition) is 4. The smallest absolute Gasteiger partial charge is 0.0813 e. The van der Waals surface area contributed by atoms with E-state index in [1.807, 2.05) is 36.4 Å². The molecule has 5 nitrogen and oxygen atoms in total. The lowest BCUT2D eigenvalue weighted by atomic mass is 10.1. The van der Waals surface area contributed by atoms with Crippen LogP contribution in [0, 0.1) is 0 Å². The van der Waals surface area contributed by atoms with E-state index in [1.54, 1.807) is 12.1 Å². The maximum atomic E-state index is 9.97. The normalized spacial score (nSPS) is 13.7. The Kier molecular flexibility index (Phi) is 6.40. The van der Waals surface area contributed by atoms with Gasteiger partial charge in [-0.2, -0.15) is 0 Å². The lowest BCUT2D eigenvalue weighted by Crippen LogP contribution is -2.24. The summed E-state index contributed by atoms with van der Waals surface area (Å²) in [7, 11) is 0. The van der Waals surface area contributed by atoms with Crippen LogP contribution in [0.15, 0.2) is 48.5 Å². The Bertz CT molecular complexity index is 565. The van der Waals surface area contributed by atoms with Crippen molar-refractivity contribution in [1.82, 2.24) is 0 Å². The first kappa shape index (κ1) is 17.3. The molecule has 0 bridgehead atoms. The van der Waals surface area contributed by atoms with Gasteiger partial charge in [-0.15, -0.1) is 0 Å². The van der Waals surface area contributed by atoms with E-state index in [-0.39, 0.29) is 13.2 Å². The molecule has 0 heterocycles. The van der Waals surface area contributed by atoms with Gasteiger partial charge in [0.15, 0.2) is 0 Å². The second-order valence-electron chi connectivity index (χ2n) is 5.74. The van der Waals surface area contributed by atoms with E-state index in [0.717, 1.165) is 11.1 Å². The molecule has 2 rings (SSSR count). The van der Waals surface area contributed by atoms with Gasteiger partial charge in [-0.25, -0.2) is 0 Å². The molecule has 0 radical (unpaired) electrons. The number of nitrogens with two attached hydrogens (primary N) is 2. The number of nitrogen functional groups attached to an aromatic ring is 2. The number of aliphatic hydroxyl groups is 2. The van der Waals surface area contributed by atoms with E-state index in [9.17, 15) is 10.2 Å². The van der Waals surface area contributed by atoms with Crippen molar-refractivity contribution < 1.29 is 14.9 Å². The summed E-state index contributed by atoms with van der Waals surface area (Å²) in [6, 6.07) is 14.8. The van der Waals surface area contributed by atoms with Gasteiger partial charge in [0.25, 0.3) is 0 Å². The third kappa shape index (κ3) is 6.28. The van der Waals surface area contributed by atoms with Gasteiger partial charge >= 0.3 is 0 Å². The Morgan fingerprint density at radius 2 is 1.22 bits per heavy atom. The Morgan fingerprint density at radius 3 is 1.61 bits per heavy atom. The van der Waals surface area contributed by atoms with Gasteiger partial charge < -0.3 is 26.4 Å². The zero-order chi connectivity index (χ0) is 16.7. The van der Waals surface area contributed by atoms with Crippen LogP contribution in [0.25, 0.3) is 0 Å². The maximum Gasteiger partial charge on any atom is 0.0813 e. The van der Waals surface area contributed by atoms with Crippen molar-refractivity contribution in [3.63, 3.8) is 0 Å². The molecule has 0 amide bonds. The van der Waals surface area contributed by atoms with E-state index >= 15 is 0 Å². The van der Waals surface area contributed by atoms with Gasteiger partial charge in [0.1, 0.15) is 0 Å². The standard InChI is InChI=1S/C18H24N2O3/c19-15-5-1-3-13(7-15)9-17(21)11-23-12-18(22)10-14-4-2-6-16(20)8-14/h1-8,17-18,21-22H,9-12,19-20H2. The van der Waals surface area contributed by atoms with E-state index in [1.165, 1.54) is 0 Å². The fourth-order valence-electron chi connectivity index (χ4n) is 2.44. The number of ether oxygens (including phenoxy) is 1. The predicted molar refractivity (Wildman–Crippen MR) is 91.9 cm³/mol. The zero-order valence-electron chi connectivity index (χ0n) is 13.1. The highest BCUT2D eigenvalue weighted by atomic mass is 16.5. The van der Waals surface area contributed by atoms with E-state index in [2.05, 4.69) is 0 Å². The highest BCUT2D eigenvalue weighted by Gasteiger charge is 2.10. The van der Waals surface area contributed by atoms with E-state index < -0.39 is 12.2 Å². The SMILES string of the molecule is Nc1cccc(CC(O)COCC(O)Cc2cccc(N)c2)c1. The molecular weight excluding hydrogens is 292 g/mol. The van der Waals surface area contributed by atoms with Crippen LogP contribution < -0.4 is 11.5 Å². The Hall–Kier alpha value is -2.08. The summed E-state index contributed by atoms with van der Waals surface area (Å²) in [6.07, 6.45) is -0.320. The minimum absolute atomic E-state index is 0.169. The Morgan fingerprint density at radius 1 is 0.783 bits per heavy atom. The molecule has 2 aromatic carbocycles. The van der Waals surface area contributed by atoms with Crippen LogP contribution in [0.2, 0.25) is 0 Å². The van der Waals surface area contributed by atoms with Crippen LogP contribution in [0.1, 0.15) is 11.1 Å². The van der Waals surface area contributed by atoms with Gasteiger partial charge in [0.2, 0.25) is 0 Å². The number of aliphatic hydroxyl groups excluding tert-OH is 2. The Labute approximate surface area is 136 Å². The third-order valence-electron chi connectivity index (χ3n) is 3.47. The summed E-state index contributed by atoms with van der Waals surface area (Å²) in [5, 5.41) is 19.9. The number of benzene rings is 2. The topological polar surface area (TPSA) is 102 Å². The molecule has 0 aliphatic carbocycles. The molecule has 124 valence electrons. The van der Waals surface area contributed by atoms with Crippen LogP contribution in [-0.2, 0) is 17.6 Å². The first-order valence-corrected chi connectivity index (χ1v) is 7.65. The molecule has 6 N–H and O–H groups in total. The molecular formula is C18H24N2O3. The molecule has 0 saturated heterocycles. The predicted octanol–water partition coefficient (Wildman–Crippen LogP) is 1.37. The summed E-state index contributed by atoms with van der Waals surface area (Å²) in [6.45, 7) is 0.339. The molecule has 0 fully saturated rings. The van der Waals surface area contributed by atoms with Crippen molar-refractivity contribution in [1.29, 1.82) is 0 Å². The van der Waals surface area contributed by atoms with Crippen LogP contribution in [0.3, 0.4) is 0 Å². The van der Waals surface area contributed by atoms with Crippen molar-refractivity contribution in [2.75, 3.05) is 24.7 Å². The first-order valence-electron chi connectivity index (χ1n) is 7.65.